The molecule has 0 aliphatic rings. The van der Waals surface area contributed by atoms with Crippen LogP contribution >= 0.6 is 0 Å². The highest BCUT2D eigenvalue weighted by Crippen LogP contribution is 2.11. The number of nitrogens with one attached hydrogen (secondary N) is 3. The molecule has 2 aromatic carbocycles. The number of nitrogens with two attached hydrogens (primary N) is 1. The molecule has 0 aromatic heterocycles. The van der Waals surface area contributed by atoms with Crippen molar-refractivity contribution in [1.82, 2.24) is 16.0 Å². The number of esters is 1. The first-order valence-corrected chi connectivity index (χ1v) is 14.7. The Morgan fingerprint density at radius 3 is 1.98 bits per heavy atom. The highest BCUT2D eigenvalue weighted by atomic mass is 16.5. The van der Waals surface area contributed by atoms with Crippen LogP contribution in [-0.4, -0.2) is 54.5 Å². The number of hydrogen-bond acceptors (Lipinski definition) is 7. The van der Waals surface area contributed by atoms with E-state index in [-0.39, 0.29) is 44.0 Å². The molecule has 0 spiro atoms. The van der Waals surface area contributed by atoms with E-state index >= 15 is 0 Å². The van der Waals surface area contributed by atoms with Gasteiger partial charge in [0.15, 0.2) is 0 Å². The molecular formula is C33H44N4O7. The number of carbonyl (C=O) groups excluding carboxylic acids is 5. The third-order valence-electron chi connectivity index (χ3n) is 6.52. The van der Waals surface area contributed by atoms with E-state index in [2.05, 4.69) is 16.0 Å². The highest BCUT2D eigenvalue weighted by molar-refractivity contribution is 5.92. The molecule has 5 N–H and O–H groups in total. The summed E-state index contributed by atoms with van der Waals surface area (Å²) in [5, 5.41) is 8.25. The molecule has 2 rings (SSSR count). The average Bonchev–Trinajstić information content (AvgIpc) is 2.99. The zero-order valence-electron chi connectivity index (χ0n) is 25.8. The molecule has 0 heterocycles. The van der Waals surface area contributed by atoms with Gasteiger partial charge in [-0.15, -0.1) is 0 Å². The van der Waals surface area contributed by atoms with Crippen molar-refractivity contribution < 1.29 is 33.4 Å². The molecule has 238 valence electrons. The van der Waals surface area contributed by atoms with Gasteiger partial charge in [0.05, 0.1) is 6.61 Å². The number of ether oxygens (including phenoxy) is 2. The first-order valence-electron chi connectivity index (χ1n) is 14.7. The van der Waals surface area contributed by atoms with E-state index in [1.807, 2.05) is 74.5 Å². The predicted molar refractivity (Wildman–Crippen MR) is 166 cm³/mol. The van der Waals surface area contributed by atoms with Crippen molar-refractivity contribution in [2.75, 3.05) is 6.61 Å². The summed E-state index contributed by atoms with van der Waals surface area (Å²) in [5.41, 5.74) is 7.17. The van der Waals surface area contributed by atoms with Crippen LogP contribution in [0.2, 0.25) is 0 Å². The zero-order valence-corrected chi connectivity index (χ0v) is 25.8. The second kappa shape index (κ2) is 18.8. The summed E-state index contributed by atoms with van der Waals surface area (Å²) < 4.78 is 10.4. The van der Waals surface area contributed by atoms with Gasteiger partial charge < -0.3 is 31.2 Å². The Labute approximate surface area is 258 Å². The average molecular weight is 609 g/mol. The van der Waals surface area contributed by atoms with Gasteiger partial charge in [0.1, 0.15) is 18.7 Å². The molecule has 11 nitrogen and oxygen atoms in total. The third kappa shape index (κ3) is 13.5. The topological polar surface area (TPSA) is 166 Å². The third-order valence-corrected chi connectivity index (χ3v) is 6.52. The highest BCUT2D eigenvalue weighted by Gasteiger charge is 2.29. The van der Waals surface area contributed by atoms with Crippen molar-refractivity contribution in [2.24, 2.45) is 11.7 Å². The van der Waals surface area contributed by atoms with Crippen LogP contribution in [0.15, 0.2) is 72.3 Å². The second-order valence-electron chi connectivity index (χ2n) is 10.8. The molecule has 44 heavy (non-hydrogen) atoms. The van der Waals surface area contributed by atoms with Crippen LogP contribution in [0, 0.1) is 5.92 Å². The lowest BCUT2D eigenvalue weighted by Gasteiger charge is -2.25. The summed E-state index contributed by atoms with van der Waals surface area (Å²) >= 11 is 0. The summed E-state index contributed by atoms with van der Waals surface area (Å²) in [7, 11) is 0. The molecule has 0 saturated carbocycles. The largest absolute Gasteiger partial charge is 0.463 e. The second-order valence-corrected chi connectivity index (χ2v) is 10.8. The van der Waals surface area contributed by atoms with Gasteiger partial charge in [-0.2, -0.15) is 0 Å². The quantitative estimate of drug-likeness (QED) is 0.158. The summed E-state index contributed by atoms with van der Waals surface area (Å²) in [6.07, 6.45) is 1.28. The van der Waals surface area contributed by atoms with Gasteiger partial charge in [0.25, 0.3) is 0 Å². The van der Waals surface area contributed by atoms with Crippen LogP contribution in [0.5, 0.6) is 0 Å². The van der Waals surface area contributed by atoms with E-state index in [1.165, 1.54) is 6.08 Å². The first-order chi connectivity index (χ1) is 21.0. The standard InChI is InChI=1S/C33H44N4O7/c1-5-43-32(41)23(4)19-26(16-17-29(34)38)35-30(39)28(20-24-12-8-6-9-13-24)36-31(40)27(18-22(2)3)37-33(42)44-21-25-14-10-7-11-15-25/h6-15,19,22,26-28H,5,16-18,20-21H2,1-4H3,(H2,34,38)(H,35,39)(H,36,40)(H,37,42)/b23-19+/t26-,27-,28-/m0/s1. The Bertz CT molecular complexity index is 1270. The van der Waals surface area contributed by atoms with E-state index in [0.717, 1.165) is 11.1 Å². The zero-order chi connectivity index (χ0) is 32.5. The normalized spacial score (nSPS) is 13.2. The van der Waals surface area contributed by atoms with E-state index in [1.54, 1.807) is 13.8 Å². The Hall–Kier alpha value is -4.67. The molecule has 0 aliphatic carbocycles. The van der Waals surface area contributed by atoms with Gasteiger partial charge in [-0.3, -0.25) is 14.4 Å². The Morgan fingerprint density at radius 2 is 1.41 bits per heavy atom. The summed E-state index contributed by atoms with van der Waals surface area (Å²) in [6.45, 7) is 7.26. The Kier molecular flexibility index (Phi) is 15.2. The van der Waals surface area contributed by atoms with Gasteiger partial charge in [-0.05, 0) is 43.7 Å². The summed E-state index contributed by atoms with van der Waals surface area (Å²) in [5.74, 6) is -2.18. The fourth-order valence-corrected chi connectivity index (χ4v) is 4.33. The number of hydrogen-bond donors (Lipinski definition) is 4. The lowest BCUT2D eigenvalue weighted by Crippen LogP contribution is -2.55. The molecular weight excluding hydrogens is 564 g/mol. The van der Waals surface area contributed by atoms with Crippen molar-refractivity contribution in [3.8, 4) is 0 Å². The van der Waals surface area contributed by atoms with E-state index in [4.69, 9.17) is 15.2 Å². The molecule has 0 unspecified atom stereocenters. The van der Waals surface area contributed by atoms with Crippen molar-refractivity contribution in [2.45, 2.75) is 78.1 Å². The Balaban J connectivity index is 2.24. The molecule has 0 fully saturated rings. The maximum absolute atomic E-state index is 13.6. The molecule has 4 amide bonds. The van der Waals surface area contributed by atoms with Crippen LogP contribution in [0.25, 0.3) is 0 Å². The number of amides is 4. The molecule has 0 saturated heterocycles. The first kappa shape index (κ1) is 35.5. The smallest absolute Gasteiger partial charge is 0.408 e. The number of carbonyl (C=O) groups is 5. The lowest BCUT2D eigenvalue weighted by atomic mass is 10.0. The van der Waals surface area contributed by atoms with E-state index < -0.39 is 47.9 Å². The minimum atomic E-state index is -1.05. The van der Waals surface area contributed by atoms with E-state index in [0.29, 0.717) is 6.42 Å². The minimum absolute atomic E-state index is 0.0349. The van der Waals surface area contributed by atoms with Gasteiger partial charge in [-0.1, -0.05) is 80.6 Å². The summed E-state index contributed by atoms with van der Waals surface area (Å²) in [4.78, 5) is 63.5. The summed E-state index contributed by atoms with van der Waals surface area (Å²) in [6, 6.07) is 15.5. The molecule has 0 bridgehead atoms. The molecule has 3 atom stereocenters. The van der Waals surface area contributed by atoms with Crippen molar-refractivity contribution in [3.05, 3.63) is 83.4 Å². The van der Waals surface area contributed by atoms with Crippen molar-refractivity contribution in [3.63, 3.8) is 0 Å². The molecule has 0 aliphatic heterocycles. The molecule has 2 aromatic rings. The molecule has 0 radical (unpaired) electrons. The Morgan fingerprint density at radius 1 is 0.818 bits per heavy atom. The van der Waals surface area contributed by atoms with Crippen LogP contribution in [0.4, 0.5) is 4.79 Å². The number of benzene rings is 2. The van der Waals surface area contributed by atoms with Crippen LogP contribution in [-0.2, 0) is 41.7 Å². The van der Waals surface area contributed by atoms with Gasteiger partial charge in [-0.25, -0.2) is 9.59 Å². The maximum Gasteiger partial charge on any atom is 0.408 e. The minimum Gasteiger partial charge on any atom is -0.463 e. The van der Waals surface area contributed by atoms with Crippen LogP contribution < -0.4 is 21.7 Å². The van der Waals surface area contributed by atoms with Gasteiger partial charge >= 0.3 is 12.1 Å². The lowest BCUT2D eigenvalue weighted by molar-refractivity contribution is -0.138. The number of primary amides is 1. The van der Waals surface area contributed by atoms with Crippen LogP contribution in [0.1, 0.15) is 58.1 Å². The maximum atomic E-state index is 13.6. The molecule has 11 heteroatoms. The predicted octanol–water partition coefficient (Wildman–Crippen LogP) is 3.31. The fraction of sp³-hybridized carbons (Fsp3) is 0.424. The van der Waals surface area contributed by atoms with Gasteiger partial charge in [0, 0.05) is 24.5 Å². The van der Waals surface area contributed by atoms with Crippen molar-refractivity contribution >= 4 is 29.8 Å². The van der Waals surface area contributed by atoms with E-state index in [9.17, 15) is 24.0 Å². The van der Waals surface area contributed by atoms with Crippen molar-refractivity contribution in [1.29, 1.82) is 0 Å². The van der Waals surface area contributed by atoms with Crippen LogP contribution in [0.3, 0.4) is 0 Å². The number of rotatable bonds is 17. The van der Waals surface area contributed by atoms with Gasteiger partial charge in [0.2, 0.25) is 17.7 Å². The SMILES string of the molecule is CCOC(=O)/C(C)=C/[C@H](CCC(N)=O)NC(=O)[C@H](Cc1ccccc1)NC(=O)[C@H](CC(C)C)NC(=O)OCc1ccccc1. The fourth-order valence-electron chi connectivity index (χ4n) is 4.33. The number of alkyl carbamates (subject to hydrolysis) is 1. The monoisotopic (exact) mass is 608 g/mol.